The van der Waals surface area contributed by atoms with Gasteiger partial charge in [0.2, 0.25) is 5.71 Å². The van der Waals surface area contributed by atoms with E-state index in [0.717, 1.165) is 55.7 Å². The molecule has 7 aromatic carbocycles. The van der Waals surface area contributed by atoms with E-state index in [1.54, 1.807) is 0 Å². The van der Waals surface area contributed by atoms with Crippen molar-refractivity contribution in [1.29, 1.82) is 0 Å². The van der Waals surface area contributed by atoms with Gasteiger partial charge in [0.15, 0.2) is 5.82 Å². The van der Waals surface area contributed by atoms with Crippen LogP contribution in [0, 0.1) is 0 Å². The van der Waals surface area contributed by atoms with E-state index in [2.05, 4.69) is 126 Å². The first-order chi connectivity index (χ1) is 24.3. The first-order valence-corrected chi connectivity index (χ1v) is 17.3. The minimum Gasteiger partial charge on any atom is -0.436 e. The van der Waals surface area contributed by atoms with Gasteiger partial charge in [0.25, 0.3) is 0 Å². The molecule has 1 aliphatic rings. The van der Waals surface area contributed by atoms with E-state index >= 15 is 0 Å². The summed E-state index contributed by atoms with van der Waals surface area (Å²) in [5, 5.41) is 8.68. The predicted molar refractivity (Wildman–Crippen MR) is 204 cm³/mol. The van der Waals surface area contributed by atoms with Gasteiger partial charge in [-0.3, -0.25) is 4.57 Å². The summed E-state index contributed by atoms with van der Waals surface area (Å²) in [6.07, 6.45) is 0. The minimum atomic E-state index is 0.532. The fourth-order valence-electron chi connectivity index (χ4n) is 8.36. The Hall–Kier alpha value is -6.30. The number of hydrogen-bond acceptors (Lipinski definition) is 4. The maximum Gasteiger partial charge on any atom is 0.248 e. The summed E-state index contributed by atoms with van der Waals surface area (Å²) in [5.41, 5.74) is 11.0. The molecule has 4 aromatic heterocycles. The highest BCUT2D eigenvalue weighted by Crippen LogP contribution is 2.52. The molecule has 0 amide bonds. The molecule has 0 bridgehead atoms. The monoisotopic (exact) mass is 641 g/mol. The SMILES string of the molecule is c1ccc(-c2ccccc2-c2nc3c(nc2-n2c4ccc5cccc6c5c4c4c5c(ccc42)sc2cccc-6c25)oc2ccccc23)cc1. The Morgan fingerprint density at radius 3 is 2.08 bits per heavy atom. The van der Waals surface area contributed by atoms with Crippen LogP contribution in [-0.2, 0) is 0 Å². The van der Waals surface area contributed by atoms with Gasteiger partial charge < -0.3 is 4.42 Å². The standard InChI is InChI=1S/C44H23N3OS/c1-2-10-24(11-3-1)26-13-4-5-14-29(26)41-43(46-44-42(45-41)30-15-6-7-18-33(30)48-44)47-31-21-20-25-12-8-16-27-28-17-9-19-34-37(28)40-35(49-34)23-22-32(47)39(40)38(31)36(25)27/h1-23H. The second-order valence-electron chi connectivity index (χ2n) is 12.9. The number of nitrogens with zero attached hydrogens (tertiary/aromatic N) is 3. The third-order valence-corrected chi connectivity index (χ3v) is 11.5. The average molecular weight is 642 g/mol. The van der Waals surface area contributed by atoms with Crippen LogP contribution in [0.25, 0.3) is 114 Å². The highest BCUT2D eigenvalue weighted by atomic mass is 32.1. The molecule has 12 rings (SSSR count). The first-order valence-electron chi connectivity index (χ1n) is 16.5. The van der Waals surface area contributed by atoms with Gasteiger partial charge in [0.1, 0.15) is 16.8 Å². The molecule has 0 saturated carbocycles. The number of furan rings is 1. The number of hydrogen-bond donors (Lipinski definition) is 0. The second-order valence-corrected chi connectivity index (χ2v) is 14.0. The Kier molecular flexibility index (Phi) is 4.83. The number of thiophene rings is 1. The molecule has 0 aliphatic heterocycles. The maximum atomic E-state index is 6.43. The van der Waals surface area contributed by atoms with Crippen molar-refractivity contribution in [2.24, 2.45) is 0 Å². The Labute approximate surface area is 283 Å². The van der Waals surface area contributed by atoms with Crippen LogP contribution in [0.4, 0.5) is 0 Å². The molecule has 0 fully saturated rings. The highest BCUT2D eigenvalue weighted by Gasteiger charge is 2.28. The van der Waals surface area contributed by atoms with Gasteiger partial charge in [-0.05, 0) is 69.4 Å². The van der Waals surface area contributed by atoms with E-state index in [0.29, 0.717) is 5.71 Å². The summed E-state index contributed by atoms with van der Waals surface area (Å²) in [7, 11) is 0. The smallest absolute Gasteiger partial charge is 0.248 e. The van der Waals surface area contributed by atoms with Gasteiger partial charge in [-0.25, -0.2) is 4.98 Å². The maximum absolute atomic E-state index is 6.43. The summed E-state index contributed by atoms with van der Waals surface area (Å²) in [4.78, 5) is 10.9. The molecule has 4 nitrogen and oxygen atoms in total. The molecule has 5 heteroatoms. The van der Waals surface area contributed by atoms with E-state index in [9.17, 15) is 0 Å². The summed E-state index contributed by atoms with van der Waals surface area (Å²) in [6, 6.07) is 49.8. The molecule has 0 N–H and O–H groups in total. The molecular formula is C44H23N3OS. The second kappa shape index (κ2) is 9.19. The number of fused-ring (bicyclic) bond motifs is 4. The van der Waals surface area contributed by atoms with Crippen molar-refractivity contribution < 1.29 is 4.42 Å². The van der Waals surface area contributed by atoms with Crippen LogP contribution >= 0.6 is 11.3 Å². The Bertz CT molecular complexity index is 3220. The molecule has 226 valence electrons. The molecule has 11 aromatic rings. The highest BCUT2D eigenvalue weighted by molar-refractivity contribution is 7.26. The van der Waals surface area contributed by atoms with E-state index in [1.807, 2.05) is 29.5 Å². The molecular weight excluding hydrogens is 619 g/mol. The molecule has 1 aliphatic carbocycles. The molecule has 0 radical (unpaired) electrons. The Balaban J connectivity index is 1.31. The number of rotatable bonds is 3. The Morgan fingerprint density at radius 2 is 1.18 bits per heavy atom. The van der Waals surface area contributed by atoms with E-state index < -0.39 is 0 Å². The summed E-state index contributed by atoms with van der Waals surface area (Å²) in [6.45, 7) is 0. The summed E-state index contributed by atoms with van der Waals surface area (Å²) in [5.74, 6) is 0.756. The number of benzene rings is 7. The number of aromatic nitrogens is 3. The minimum absolute atomic E-state index is 0.532. The average Bonchev–Trinajstić information content (AvgIpc) is 3.80. The van der Waals surface area contributed by atoms with E-state index in [-0.39, 0.29) is 0 Å². The molecule has 0 unspecified atom stereocenters. The van der Waals surface area contributed by atoms with Crippen molar-refractivity contribution >= 4 is 86.3 Å². The quantitative estimate of drug-likeness (QED) is 0.193. The Morgan fingerprint density at radius 1 is 0.490 bits per heavy atom. The van der Waals surface area contributed by atoms with Crippen LogP contribution in [0.5, 0.6) is 0 Å². The zero-order valence-electron chi connectivity index (χ0n) is 25.9. The normalized spacial score (nSPS) is 12.5. The molecule has 49 heavy (non-hydrogen) atoms. The summed E-state index contributed by atoms with van der Waals surface area (Å²) < 4.78 is 11.4. The van der Waals surface area contributed by atoms with Crippen LogP contribution in [0.2, 0.25) is 0 Å². The van der Waals surface area contributed by atoms with Crippen LogP contribution < -0.4 is 0 Å². The van der Waals surface area contributed by atoms with Crippen molar-refractivity contribution in [1.82, 2.24) is 14.5 Å². The number of para-hydroxylation sites is 1. The van der Waals surface area contributed by atoms with E-state index in [4.69, 9.17) is 14.4 Å². The van der Waals surface area contributed by atoms with Gasteiger partial charge in [0.05, 0.1) is 11.0 Å². The van der Waals surface area contributed by atoms with Crippen LogP contribution in [-0.4, -0.2) is 14.5 Å². The molecule has 0 spiro atoms. The fraction of sp³-hybridized carbons (Fsp3) is 0. The fourth-order valence-corrected chi connectivity index (χ4v) is 9.50. The lowest BCUT2D eigenvalue weighted by Crippen LogP contribution is -2.04. The third-order valence-electron chi connectivity index (χ3n) is 10.4. The zero-order valence-corrected chi connectivity index (χ0v) is 26.8. The van der Waals surface area contributed by atoms with E-state index in [1.165, 1.54) is 52.8 Å². The first kappa shape index (κ1) is 25.7. The lowest BCUT2D eigenvalue weighted by molar-refractivity contribution is 0.652. The topological polar surface area (TPSA) is 43.9 Å². The molecule has 0 atom stereocenters. The van der Waals surface area contributed by atoms with Crippen molar-refractivity contribution in [2.45, 2.75) is 0 Å². The molecule has 4 heterocycles. The van der Waals surface area contributed by atoms with Crippen LogP contribution in [0.1, 0.15) is 0 Å². The van der Waals surface area contributed by atoms with Crippen LogP contribution in [0.3, 0.4) is 0 Å². The van der Waals surface area contributed by atoms with Gasteiger partial charge >= 0.3 is 0 Å². The predicted octanol–water partition coefficient (Wildman–Crippen LogP) is 12.3. The van der Waals surface area contributed by atoms with Crippen molar-refractivity contribution in [3.8, 4) is 39.3 Å². The van der Waals surface area contributed by atoms with Crippen molar-refractivity contribution in [3.63, 3.8) is 0 Å². The molecule has 0 saturated heterocycles. The van der Waals surface area contributed by atoms with Gasteiger partial charge in [-0.2, -0.15) is 4.98 Å². The summed E-state index contributed by atoms with van der Waals surface area (Å²) >= 11 is 1.87. The lowest BCUT2D eigenvalue weighted by Gasteiger charge is -2.16. The van der Waals surface area contributed by atoms with Crippen LogP contribution in [0.15, 0.2) is 144 Å². The lowest BCUT2D eigenvalue weighted by atomic mass is 9.95. The van der Waals surface area contributed by atoms with Gasteiger partial charge in [0, 0.05) is 41.9 Å². The van der Waals surface area contributed by atoms with Crippen molar-refractivity contribution in [2.75, 3.05) is 0 Å². The van der Waals surface area contributed by atoms with Crippen molar-refractivity contribution in [3.05, 3.63) is 140 Å². The largest absolute Gasteiger partial charge is 0.436 e. The zero-order chi connectivity index (χ0) is 31.8. The third kappa shape index (κ3) is 3.27. The van der Waals surface area contributed by atoms with Gasteiger partial charge in [-0.1, -0.05) is 103 Å². The van der Waals surface area contributed by atoms with Gasteiger partial charge in [-0.15, -0.1) is 11.3 Å².